The van der Waals surface area contributed by atoms with E-state index in [-0.39, 0.29) is 5.69 Å². The van der Waals surface area contributed by atoms with Crippen LogP contribution in [0.3, 0.4) is 0 Å². The van der Waals surface area contributed by atoms with Crippen LogP contribution in [-0.2, 0) is 13.5 Å². The van der Waals surface area contributed by atoms with Crippen LogP contribution < -0.4 is 9.30 Å². The second-order valence-corrected chi connectivity index (χ2v) is 3.90. The number of rotatable bonds is 5. The zero-order chi connectivity index (χ0) is 13.0. The van der Waals surface area contributed by atoms with Crippen LogP contribution in [0, 0.1) is 10.1 Å². The molecular weight excluding hydrogens is 234 g/mol. The highest BCUT2D eigenvalue weighted by molar-refractivity contribution is 5.32. The van der Waals surface area contributed by atoms with Gasteiger partial charge in [0.1, 0.15) is 12.4 Å². The lowest BCUT2D eigenvalue weighted by molar-refractivity contribution is -0.675. The lowest BCUT2D eigenvalue weighted by atomic mass is 10.1. The minimum atomic E-state index is -0.404. The number of aromatic nitrogens is 2. The van der Waals surface area contributed by atoms with Crippen LogP contribution >= 0.6 is 0 Å². The van der Waals surface area contributed by atoms with E-state index in [1.807, 2.05) is 17.8 Å². The molecule has 2 aromatic rings. The minimum absolute atomic E-state index is 0.107. The van der Waals surface area contributed by atoms with Gasteiger partial charge >= 0.3 is 6.01 Å². The van der Waals surface area contributed by atoms with Gasteiger partial charge in [-0.2, -0.15) is 0 Å². The number of nitro groups is 1. The number of hydrogen-bond donors (Lipinski definition) is 1. The van der Waals surface area contributed by atoms with E-state index < -0.39 is 4.92 Å². The third-order valence-electron chi connectivity index (χ3n) is 2.60. The second-order valence-electron chi connectivity index (χ2n) is 3.90. The van der Waals surface area contributed by atoms with E-state index in [2.05, 4.69) is 4.98 Å². The molecule has 0 fully saturated rings. The molecule has 1 N–H and O–H groups in total. The largest absolute Gasteiger partial charge is 0.453 e. The summed E-state index contributed by atoms with van der Waals surface area (Å²) < 4.78 is 7.38. The van der Waals surface area contributed by atoms with Crippen molar-refractivity contribution >= 4 is 5.69 Å². The molecule has 0 unspecified atom stereocenters. The molecule has 18 heavy (non-hydrogen) atoms. The number of aromatic amines is 1. The summed E-state index contributed by atoms with van der Waals surface area (Å²) in [6, 6.07) is 7.19. The maximum atomic E-state index is 10.5. The van der Waals surface area contributed by atoms with E-state index in [0.29, 0.717) is 19.0 Å². The highest BCUT2D eigenvalue weighted by Gasteiger charge is 2.08. The molecule has 6 heteroatoms. The second kappa shape index (κ2) is 5.31. The molecule has 0 aliphatic rings. The van der Waals surface area contributed by atoms with Gasteiger partial charge in [0.15, 0.2) is 0 Å². The molecule has 1 heterocycles. The molecule has 0 aliphatic carbocycles. The normalized spacial score (nSPS) is 10.3. The summed E-state index contributed by atoms with van der Waals surface area (Å²) >= 11 is 0. The Labute approximate surface area is 104 Å². The first-order valence-corrected chi connectivity index (χ1v) is 5.56. The van der Waals surface area contributed by atoms with Gasteiger partial charge in [-0.25, -0.2) is 9.55 Å². The van der Waals surface area contributed by atoms with Crippen molar-refractivity contribution in [1.82, 2.24) is 4.98 Å². The Bertz CT molecular complexity index is 534. The first-order chi connectivity index (χ1) is 8.66. The summed E-state index contributed by atoms with van der Waals surface area (Å²) in [5.41, 5.74) is 1.12. The van der Waals surface area contributed by atoms with E-state index in [1.165, 1.54) is 12.1 Å². The van der Waals surface area contributed by atoms with Crippen molar-refractivity contribution in [3.05, 3.63) is 52.3 Å². The van der Waals surface area contributed by atoms with E-state index >= 15 is 0 Å². The zero-order valence-corrected chi connectivity index (χ0v) is 10.00. The average Bonchev–Trinajstić information content (AvgIpc) is 2.76. The number of imidazole rings is 1. The van der Waals surface area contributed by atoms with E-state index in [4.69, 9.17) is 4.74 Å². The molecular formula is C12H14N3O3+. The number of hydrogen-bond acceptors (Lipinski definition) is 3. The molecule has 0 atom stereocenters. The van der Waals surface area contributed by atoms with Crippen molar-refractivity contribution in [3.63, 3.8) is 0 Å². The van der Waals surface area contributed by atoms with Crippen LogP contribution in [0.5, 0.6) is 6.01 Å². The number of benzene rings is 1. The number of nitrogens with one attached hydrogen (secondary N) is 1. The Kier molecular flexibility index (Phi) is 3.57. The molecule has 6 nitrogen and oxygen atoms in total. The van der Waals surface area contributed by atoms with E-state index in [1.54, 1.807) is 18.3 Å². The monoisotopic (exact) mass is 248 g/mol. The van der Waals surface area contributed by atoms with Crippen LogP contribution in [0.25, 0.3) is 0 Å². The molecule has 1 aromatic carbocycles. The van der Waals surface area contributed by atoms with Gasteiger partial charge in [0.25, 0.3) is 5.69 Å². The predicted octanol–water partition coefficient (Wildman–Crippen LogP) is 1.37. The number of non-ortho nitro benzene ring substituents is 1. The summed E-state index contributed by atoms with van der Waals surface area (Å²) in [4.78, 5) is 13.1. The Morgan fingerprint density at radius 2 is 2.11 bits per heavy atom. The van der Waals surface area contributed by atoms with Crippen molar-refractivity contribution in [3.8, 4) is 6.01 Å². The van der Waals surface area contributed by atoms with Gasteiger partial charge in [0, 0.05) is 18.6 Å². The molecule has 0 spiro atoms. The van der Waals surface area contributed by atoms with Crippen molar-refractivity contribution in [2.75, 3.05) is 6.61 Å². The van der Waals surface area contributed by atoms with Crippen LogP contribution in [0.4, 0.5) is 5.69 Å². The van der Waals surface area contributed by atoms with Crippen LogP contribution in [0.1, 0.15) is 5.56 Å². The number of nitrogens with zero attached hydrogens (tertiary/aromatic N) is 2. The fourth-order valence-electron chi connectivity index (χ4n) is 1.58. The van der Waals surface area contributed by atoms with Crippen molar-refractivity contribution in [1.29, 1.82) is 0 Å². The van der Waals surface area contributed by atoms with Crippen LogP contribution in [-0.4, -0.2) is 16.5 Å². The van der Waals surface area contributed by atoms with Gasteiger partial charge in [-0.05, 0) is 5.56 Å². The van der Waals surface area contributed by atoms with Crippen LogP contribution in [0.2, 0.25) is 0 Å². The summed E-state index contributed by atoms with van der Waals surface area (Å²) in [6.07, 6.45) is 4.36. The first kappa shape index (κ1) is 12.1. The first-order valence-electron chi connectivity index (χ1n) is 5.56. The number of ether oxygens (including phenoxy) is 1. The standard InChI is InChI=1S/C12H13N3O3/c1-14-8-7-13-12(14)18-9-6-10-2-4-11(5-3-10)15(16)17/h2-5,7-8H,6,9H2,1H3/p+1. The summed E-state index contributed by atoms with van der Waals surface area (Å²) in [7, 11) is 1.89. The van der Waals surface area contributed by atoms with E-state index in [9.17, 15) is 10.1 Å². The van der Waals surface area contributed by atoms with Crippen molar-refractivity contribution < 1.29 is 14.2 Å². The van der Waals surface area contributed by atoms with Gasteiger partial charge in [-0.1, -0.05) is 12.1 Å². The molecule has 0 saturated carbocycles. The van der Waals surface area contributed by atoms with E-state index in [0.717, 1.165) is 5.56 Å². The minimum Gasteiger partial charge on any atom is -0.431 e. The number of H-pyrrole nitrogens is 1. The number of aryl methyl sites for hydroxylation is 1. The maximum Gasteiger partial charge on any atom is 0.453 e. The summed E-state index contributed by atoms with van der Waals surface area (Å²) in [5.74, 6) is 0. The Hall–Kier alpha value is -2.37. The Morgan fingerprint density at radius 3 is 2.67 bits per heavy atom. The molecule has 0 amide bonds. The molecule has 0 radical (unpaired) electrons. The average molecular weight is 248 g/mol. The fraction of sp³-hybridized carbons (Fsp3) is 0.250. The quantitative estimate of drug-likeness (QED) is 0.493. The molecule has 1 aromatic heterocycles. The Balaban J connectivity index is 1.87. The van der Waals surface area contributed by atoms with Crippen molar-refractivity contribution in [2.24, 2.45) is 7.05 Å². The maximum absolute atomic E-state index is 10.5. The lowest BCUT2D eigenvalue weighted by Gasteiger charge is -2.01. The van der Waals surface area contributed by atoms with Gasteiger partial charge in [0.2, 0.25) is 0 Å². The SMILES string of the molecule is C[n+]1cc[nH]c1OCCc1ccc([N+](=O)[O-])cc1. The topological polar surface area (TPSA) is 72.0 Å². The molecule has 2 rings (SSSR count). The number of nitro benzene ring substituents is 1. The van der Waals surface area contributed by atoms with Gasteiger partial charge in [-0.3, -0.25) is 10.1 Å². The third-order valence-corrected chi connectivity index (χ3v) is 2.60. The van der Waals surface area contributed by atoms with Gasteiger partial charge in [0.05, 0.1) is 18.6 Å². The third kappa shape index (κ3) is 2.85. The summed E-state index contributed by atoms with van der Waals surface area (Å²) in [6.45, 7) is 0.520. The lowest BCUT2D eigenvalue weighted by Crippen LogP contribution is -2.28. The van der Waals surface area contributed by atoms with Gasteiger partial charge in [-0.15, -0.1) is 0 Å². The summed E-state index contributed by atoms with van der Waals surface area (Å²) in [5, 5.41) is 10.5. The highest BCUT2D eigenvalue weighted by atomic mass is 16.6. The van der Waals surface area contributed by atoms with Gasteiger partial charge < -0.3 is 4.74 Å². The smallest absolute Gasteiger partial charge is 0.431 e. The zero-order valence-electron chi connectivity index (χ0n) is 10.00. The molecule has 94 valence electrons. The molecule has 0 saturated heterocycles. The molecule has 0 aliphatic heterocycles. The predicted molar refractivity (Wildman–Crippen MR) is 64.3 cm³/mol. The highest BCUT2D eigenvalue weighted by Crippen LogP contribution is 2.12. The molecule has 0 bridgehead atoms. The fourth-order valence-corrected chi connectivity index (χ4v) is 1.58. The van der Waals surface area contributed by atoms with Crippen molar-refractivity contribution in [2.45, 2.75) is 6.42 Å². The Morgan fingerprint density at radius 1 is 1.39 bits per heavy atom. The van der Waals surface area contributed by atoms with Crippen LogP contribution in [0.15, 0.2) is 36.7 Å².